The van der Waals surface area contributed by atoms with Gasteiger partial charge in [0.1, 0.15) is 24.2 Å². The molecule has 0 bridgehead atoms. The minimum absolute atomic E-state index is 0.0510. The van der Waals surface area contributed by atoms with Gasteiger partial charge in [-0.1, -0.05) is 29.8 Å². The zero-order valence-electron chi connectivity index (χ0n) is 15.1. The lowest BCUT2D eigenvalue weighted by atomic mass is 10.2. The molecule has 0 radical (unpaired) electrons. The molecule has 146 valence electrons. The molecule has 0 aliphatic rings. The van der Waals surface area contributed by atoms with Gasteiger partial charge in [0.25, 0.3) is 5.91 Å². The minimum atomic E-state index is -0.794. The Labute approximate surface area is 171 Å². The van der Waals surface area contributed by atoms with Crippen molar-refractivity contribution in [2.24, 2.45) is 0 Å². The summed E-state index contributed by atoms with van der Waals surface area (Å²) in [4.78, 5) is 24.1. The summed E-state index contributed by atoms with van der Waals surface area (Å²) in [6.45, 7) is -0.407. The molecule has 8 heteroatoms. The highest BCUT2D eigenvalue weighted by atomic mass is 35.5. The lowest BCUT2D eigenvalue weighted by molar-refractivity contribution is -0.119. The minimum Gasteiger partial charge on any atom is -0.486 e. The van der Waals surface area contributed by atoms with Crippen molar-refractivity contribution in [1.82, 2.24) is 0 Å². The van der Waals surface area contributed by atoms with Crippen LogP contribution in [0.15, 0.2) is 65.1 Å². The number of para-hydroxylation sites is 1. The lowest BCUT2D eigenvalue weighted by Crippen LogP contribution is -2.21. The number of hydrogen-bond donors (Lipinski definition) is 1. The molecule has 1 aromatic heterocycles. The topological polar surface area (TPSA) is 102 Å². The number of amides is 1. The Balaban J connectivity index is 1.51. The van der Waals surface area contributed by atoms with Crippen molar-refractivity contribution < 1.29 is 23.5 Å². The molecule has 0 aliphatic heterocycles. The standard InChI is InChI=1S/C21H15ClN2O5/c22-15-7-6-14(11-23)18(10-15)24-20(25)13-28-21(26)19-9-8-17(29-19)12-27-16-4-2-1-3-5-16/h1-10H,12-13H2,(H,24,25). The Morgan fingerprint density at radius 3 is 2.66 bits per heavy atom. The summed E-state index contributed by atoms with van der Waals surface area (Å²) in [6.07, 6.45) is 0. The van der Waals surface area contributed by atoms with Crippen molar-refractivity contribution in [3.8, 4) is 11.8 Å². The fourth-order valence-electron chi connectivity index (χ4n) is 2.34. The maximum absolute atomic E-state index is 12.1. The van der Waals surface area contributed by atoms with Gasteiger partial charge < -0.3 is 19.2 Å². The highest BCUT2D eigenvalue weighted by Gasteiger charge is 2.16. The summed E-state index contributed by atoms with van der Waals surface area (Å²) >= 11 is 5.86. The first-order valence-corrected chi connectivity index (χ1v) is 8.86. The molecule has 0 unspecified atom stereocenters. The van der Waals surface area contributed by atoms with Crippen LogP contribution in [0.1, 0.15) is 21.9 Å². The first-order valence-electron chi connectivity index (χ1n) is 8.48. The molecule has 1 heterocycles. The molecule has 1 N–H and O–H groups in total. The molecule has 0 saturated heterocycles. The Morgan fingerprint density at radius 1 is 1.10 bits per heavy atom. The van der Waals surface area contributed by atoms with E-state index in [9.17, 15) is 9.59 Å². The first kappa shape index (κ1) is 20.0. The average molecular weight is 411 g/mol. The summed E-state index contributed by atoms with van der Waals surface area (Å²) < 4.78 is 15.9. The van der Waals surface area contributed by atoms with Crippen LogP contribution in [0.5, 0.6) is 5.75 Å². The third-order valence-corrected chi connectivity index (χ3v) is 3.93. The van der Waals surface area contributed by atoms with Crippen molar-refractivity contribution in [2.75, 3.05) is 11.9 Å². The van der Waals surface area contributed by atoms with Gasteiger partial charge in [0, 0.05) is 5.02 Å². The normalized spacial score (nSPS) is 10.1. The fourth-order valence-corrected chi connectivity index (χ4v) is 2.51. The van der Waals surface area contributed by atoms with Crippen molar-refractivity contribution in [3.05, 3.63) is 82.8 Å². The Hall–Kier alpha value is -3.76. The van der Waals surface area contributed by atoms with Gasteiger partial charge >= 0.3 is 5.97 Å². The average Bonchev–Trinajstić information content (AvgIpc) is 3.21. The number of furan rings is 1. The molecule has 2 aromatic carbocycles. The lowest BCUT2D eigenvalue weighted by Gasteiger charge is -2.07. The van der Waals surface area contributed by atoms with E-state index in [-0.39, 0.29) is 23.6 Å². The van der Waals surface area contributed by atoms with Gasteiger partial charge in [-0.25, -0.2) is 4.79 Å². The van der Waals surface area contributed by atoms with E-state index in [1.165, 1.54) is 24.3 Å². The van der Waals surface area contributed by atoms with Crippen LogP contribution < -0.4 is 10.1 Å². The molecule has 7 nitrogen and oxygen atoms in total. The molecule has 29 heavy (non-hydrogen) atoms. The maximum atomic E-state index is 12.1. The predicted octanol–water partition coefficient (Wildman–Crippen LogP) is 4.18. The number of carbonyl (C=O) groups is 2. The molecule has 0 atom stereocenters. The third kappa shape index (κ3) is 5.61. The third-order valence-electron chi connectivity index (χ3n) is 3.70. The molecule has 0 saturated carbocycles. The van der Waals surface area contributed by atoms with E-state index in [1.807, 2.05) is 24.3 Å². The number of esters is 1. The number of nitriles is 1. The summed E-state index contributed by atoms with van der Waals surface area (Å²) in [7, 11) is 0. The van der Waals surface area contributed by atoms with Crippen molar-refractivity contribution in [2.45, 2.75) is 6.61 Å². The van der Waals surface area contributed by atoms with Crippen LogP contribution in [0.3, 0.4) is 0 Å². The predicted molar refractivity (Wildman–Crippen MR) is 105 cm³/mol. The van der Waals surface area contributed by atoms with E-state index in [0.717, 1.165) is 0 Å². The van der Waals surface area contributed by atoms with Crippen LogP contribution in [0.4, 0.5) is 5.69 Å². The number of nitrogens with one attached hydrogen (secondary N) is 1. The van der Waals surface area contributed by atoms with E-state index >= 15 is 0 Å². The molecule has 0 fully saturated rings. The zero-order valence-corrected chi connectivity index (χ0v) is 15.8. The second kappa shape index (κ2) is 9.44. The number of halogens is 1. The number of hydrogen-bond acceptors (Lipinski definition) is 6. The fraction of sp³-hybridized carbons (Fsp3) is 0.0952. The van der Waals surface area contributed by atoms with E-state index in [1.54, 1.807) is 18.2 Å². The monoisotopic (exact) mass is 410 g/mol. The van der Waals surface area contributed by atoms with Gasteiger partial charge in [-0.2, -0.15) is 5.26 Å². The van der Waals surface area contributed by atoms with Gasteiger partial charge in [0.2, 0.25) is 5.76 Å². The molecule has 3 aromatic rings. The van der Waals surface area contributed by atoms with Crippen LogP contribution in [0.2, 0.25) is 5.02 Å². The number of nitrogens with zero attached hydrogens (tertiary/aromatic N) is 1. The highest BCUT2D eigenvalue weighted by Crippen LogP contribution is 2.20. The van der Waals surface area contributed by atoms with Crippen LogP contribution in [-0.2, 0) is 16.1 Å². The van der Waals surface area contributed by atoms with Gasteiger partial charge in [0.15, 0.2) is 6.61 Å². The summed E-state index contributed by atoms with van der Waals surface area (Å²) in [5.74, 6) is -0.357. The van der Waals surface area contributed by atoms with E-state index in [4.69, 9.17) is 30.8 Å². The second-order valence-corrected chi connectivity index (χ2v) is 6.23. The summed E-state index contributed by atoms with van der Waals surface area (Å²) in [5, 5.41) is 11.9. The van der Waals surface area contributed by atoms with E-state index < -0.39 is 18.5 Å². The molecule has 0 aliphatic carbocycles. The van der Waals surface area contributed by atoms with Crippen LogP contribution in [-0.4, -0.2) is 18.5 Å². The molecule has 3 rings (SSSR count). The summed E-state index contributed by atoms with van der Waals surface area (Å²) in [5.41, 5.74) is 0.475. The smallest absolute Gasteiger partial charge is 0.374 e. The van der Waals surface area contributed by atoms with Crippen LogP contribution >= 0.6 is 11.6 Å². The number of carbonyl (C=O) groups excluding carboxylic acids is 2. The first-order chi connectivity index (χ1) is 14.0. The van der Waals surface area contributed by atoms with Gasteiger partial charge in [0.05, 0.1) is 11.3 Å². The number of rotatable bonds is 7. The molecule has 1 amide bonds. The molecular weight excluding hydrogens is 396 g/mol. The Bertz CT molecular complexity index is 1060. The maximum Gasteiger partial charge on any atom is 0.374 e. The van der Waals surface area contributed by atoms with Crippen LogP contribution in [0, 0.1) is 11.3 Å². The van der Waals surface area contributed by atoms with Crippen molar-refractivity contribution in [1.29, 1.82) is 5.26 Å². The van der Waals surface area contributed by atoms with Gasteiger partial charge in [-0.15, -0.1) is 0 Å². The second-order valence-electron chi connectivity index (χ2n) is 5.79. The van der Waals surface area contributed by atoms with E-state index in [2.05, 4.69) is 5.32 Å². The van der Waals surface area contributed by atoms with Crippen molar-refractivity contribution in [3.63, 3.8) is 0 Å². The van der Waals surface area contributed by atoms with E-state index in [0.29, 0.717) is 16.5 Å². The van der Waals surface area contributed by atoms with Crippen molar-refractivity contribution >= 4 is 29.2 Å². The molecule has 0 spiro atoms. The van der Waals surface area contributed by atoms with Gasteiger partial charge in [-0.05, 0) is 42.5 Å². The highest BCUT2D eigenvalue weighted by molar-refractivity contribution is 6.31. The van der Waals surface area contributed by atoms with Gasteiger partial charge in [-0.3, -0.25) is 4.79 Å². The Kier molecular flexibility index (Phi) is 6.51. The number of benzene rings is 2. The largest absolute Gasteiger partial charge is 0.486 e. The zero-order chi connectivity index (χ0) is 20.6. The quantitative estimate of drug-likeness (QED) is 0.586. The number of ether oxygens (including phenoxy) is 2. The summed E-state index contributed by atoms with van der Waals surface area (Å²) in [6, 6.07) is 18.6. The number of anilines is 1. The molecular formula is C21H15ClN2O5. The van der Waals surface area contributed by atoms with Crippen LogP contribution in [0.25, 0.3) is 0 Å². The Morgan fingerprint density at radius 2 is 1.90 bits per heavy atom. The SMILES string of the molecule is N#Cc1ccc(Cl)cc1NC(=O)COC(=O)c1ccc(COc2ccccc2)o1.